The molecule has 27 heteroatoms. The number of hydrazine groups is 1. The van der Waals surface area contributed by atoms with Crippen LogP contribution in [-0.4, -0.2) is 148 Å². The number of anilines is 1. The fraction of sp³-hybridized carbons (Fsp3) is 0.537. The Morgan fingerprint density at radius 1 is 0.827 bits per heavy atom. The van der Waals surface area contributed by atoms with Crippen LogP contribution in [0.15, 0.2) is 61.1 Å². The number of fused-ring (bicyclic) bond motifs is 2. The van der Waals surface area contributed by atoms with Gasteiger partial charge in [-0.25, -0.2) is 33.2 Å². The molecule has 7 rings (SSSR count). The Bertz CT molecular complexity index is 2910. The molecule has 0 spiro atoms. The molecule has 0 saturated carbocycles. The number of hydrogen-bond acceptors (Lipinski definition) is 14. The highest BCUT2D eigenvalue weighted by atomic mass is 19.4. The lowest BCUT2D eigenvalue weighted by Gasteiger charge is -2.47. The molecule has 4 aromatic rings. The number of aliphatic hydroxyl groups is 1. The molecule has 2 amide bonds. The van der Waals surface area contributed by atoms with E-state index in [-0.39, 0.29) is 22.4 Å². The van der Waals surface area contributed by atoms with E-state index in [4.69, 9.17) is 4.74 Å². The van der Waals surface area contributed by atoms with Crippen LogP contribution in [0.1, 0.15) is 82.2 Å². The average molecular weight is 1150 g/mol. The summed E-state index contributed by atoms with van der Waals surface area (Å²) in [7, 11) is 1.69. The van der Waals surface area contributed by atoms with Crippen molar-refractivity contribution < 1.29 is 82.4 Å². The number of ether oxygens (including phenoxy) is 3. The molecule has 440 valence electrons. The number of aliphatic hydroxyl groups excluding tert-OH is 1. The minimum atomic E-state index is -5.16. The number of carbonyl (C=O) groups excluding carboxylic acids is 4. The minimum Gasteiger partial charge on any atom is -0.469 e. The van der Waals surface area contributed by atoms with Crippen molar-refractivity contribution in [2.24, 2.45) is 22.7 Å². The lowest BCUT2D eigenvalue weighted by Crippen LogP contribution is -2.62. The number of nitrogens with zero attached hydrogens (tertiary/aromatic N) is 7. The number of methoxy groups -OCH3 is 2. The number of amides is 2. The van der Waals surface area contributed by atoms with E-state index in [2.05, 4.69) is 51.6 Å². The summed E-state index contributed by atoms with van der Waals surface area (Å²) >= 11 is 0. The van der Waals surface area contributed by atoms with Crippen molar-refractivity contribution in [2.75, 3.05) is 52.0 Å². The molecular formula is C54H61F10N9O8. The molecule has 0 aliphatic carbocycles. The fourth-order valence-corrected chi connectivity index (χ4v) is 10.1. The molecule has 0 radical (unpaired) electrons. The first-order valence-corrected chi connectivity index (χ1v) is 25.7. The summed E-state index contributed by atoms with van der Waals surface area (Å²) in [6.07, 6.45) is -10.1. The summed E-state index contributed by atoms with van der Waals surface area (Å²) in [5.74, 6) is -4.16. The van der Waals surface area contributed by atoms with Crippen LogP contribution >= 0.6 is 0 Å². The predicted octanol–water partition coefficient (Wildman–Crippen LogP) is 7.56. The van der Waals surface area contributed by atoms with Gasteiger partial charge in [-0.15, -0.1) is 0 Å². The Labute approximate surface area is 459 Å². The number of alkyl halides is 8. The SMILES string of the molecule is COC(=O)C[C@H](C(=O)NN(Cc1c(F)cc(-c2ccn(C(F)F)n2)cc1F)C[C@H](O)[C@@H](CC(=O)[C@@H](NC(=O)OC)C(C)(C)C(F)(F)F)Cc1ccc(C#Cc2cnc(N3CC4CCC(C3)N4C3COC3)nc2)cc1)C(C)(C)C(F)(F)F. The summed E-state index contributed by atoms with van der Waals surface area (Å²) in [5, 5.41) is 18.2. The second kappa shape index (κ2) is 25.1. The number of hydrogen-bond donors (Lipinski definition) is 3. The van der Waals surface area contributed by atoms with Gasteiger partial charge in [0.15, 0.2) is 5.78 Å². The van der Waals surface area contributed by atoms with Gasteiger partial charge < -0.3 is 29.5 Å². The smallest absolute Gasteiger partial charge is 0.407 e. The van der Waals surface area contributed by atoms with Gasteiger partial charge in [0.1, 0.15) is 17.7 Å². The van der Waals surface area contributed by atoms with Crippen molar-refractivity contribution in [3.05, 3.63) is 94.9 Å². The fourth-order valence-electron chi connectivity index (χ4n) is 10.1. The highest BCUT2D eigenvalue weighted by Crippen LogP contribution is 2.46. The molecule has 3 fully saturated rings. The number of halogens is 10. The largest absolute Gasteiger partial charge is 0.469 e. The van der Waals surface area contributed by atoms with E-state index in [1.165, 1.54) is 12.1 Å². The molecule has 2 unspecified atom stereocenters. The standard InChI is InChI=1S/C54H61F10N9O8/c1-51(2,53(59,60)61)39(21-45(76)79-5)47(77)69-71(26-38-40(55)18-33(19-41(38)56)42-15-16-72(68-42)48(57)58)27-44(75)34(20-43(74)46(67-50(78)80-6)52(3,4)54(62,63)64)17-31-10-7-30(8-11-31)9-12-32-22-65-49(66-23-32)70-24-35-13-14-36(25-70)73(35)37-28-81-29-37/h7-8,10-11,15-16,18-19,22-23,34-37,39,44,46,48,75H,13-14,17,20-21,24-29H2,1-6H3,(H,67,78)(H,69,77)/t34-,35?,36?,39-,44+,46-/m1/s1. The number of esters is 1. The van der Waals surface area contributed by atoms with E-state index in [1.807, 2.05) is 5.32 Å². The Kier molecular flexibility index (Phi) is 19.1. The third kappa shape index (κ3) is 14.4. The van der Waals surface area contributed by atoms with Gasteiger partial charge in [0.25, 0.3) is 0 Å². The first-order valence-electron chi connectivity index (χ1n) is 25.7. The molecule has 2 bridgehead atoms. The van der Waals surface area contributed by atoms with Gasteiger partial charge in [0.05, 0.1) is 74.0 Å². The number of aromatic nitrogens is 4. The predicted molar refractivity (Wildman–Crippen MR) is 269 cm³/mol. The molecule has 3 N–H and O–H groups in total. The van der Waals surface area contributed by atoms with Gasteiger partial charge in [0.2, 0.25) is 11.9 Å². The number of alkyl carbamates (subject to hydrolysis) is 1. The summed E-state index contributed by atoms with van der Waals surface area (Å²) in [6.45, 7) is 0.274. The molecule has 5 heterocycles. The molecule has 3 saturated heterocycles. The molecule has 3 aliphatic rings. The van der Waals surface area contributed by atoms with Crippen molar-refractivity contribution in [3.63, 3.8) is 0 Å². The number of benzene rings is 2. The Hall–Kier alpha value is -6.89. The lowest BCUT2D eigenvalue weighted by molar-refractivity contribution is -0.231. The van der Waals surface area contributed by atoms with Crippen LogP contribution in [0.2, 0.25) is 0 Å². The zero-order valence-electron chi connectivity index (χ0n) is 44.9. The van der Waals surface area contributed by atoms with Crippen LogP contribution in [0.25, 0.3) is 11.3 Å². The van der Waals surface area contributed by atoms with E-state index in [9.17, 15) is 59.4 Å². The van der Waals surface area contributed by atoms with Gasteiger partial charge in [0, 0.05) is 80.0 Å². The van der Waals surface area contributed by atoms with Crippen molar-refractivity contribution in [3.8, 4) is 23.1 Å². The monoisotopic (exact) mass is 1150 g/mol. The quantitative estimate of drug-likeness (QED) is 0.0320. The zero-order chi connectivity index (χ0) is 59.4. The van der Waals surface area contributed by atoms with E-state index in [0.717, 1.165) is 65.6 Å². The number of carbonyl (C=O) groups is 4. The Morgan fingerprint density at radius 3 is 1.94 bits per heavy atom. The molecule has 81 heavy (non-hydrogen) atoms. The molecule has 17 nitrogen and oxygen atoms in total. The third-order valence-electron chi connectivity index (χ3n) is 15.3. The van der Waals surface area contributed by atoms with Gasteiger partial charge in [-0.05, 0) is 74.9 Å². The lowest BCUT2D eigenvalue weighted by atomic mass is 9.75. The number of nitrogens with one attached hydrogen (secondary N) is 2. The maximum atomic E-state index is 16.1. The van der Waals surface area contributed by atoms with Crippen LogP contribution in [0.5, 0.6) is 0 Å². The molecule has 3 aliphatic heterocycles. The van der Waals surface area contributed by atoms with Crippen LogP contribution in [0.4, 0.5) is 54.6 Å². The van der Waals surface area contributed by atoms with Gasteiger partial charge in [-0.1, -0.05) is 37.8 Å². The summed E-state index contributed by atoms with van der Waals surface area (Å²) < 4.78 is 161. The summed E-state index contributed by atoms with van der Waals surface area (Å²) in [4.78, 5) is 67.1. The third-order valence-corrected chi connectivity index (χ3v) is 15.3. The highest BCUT2D eigenvalue weighted by molar-refractivity contribution is 5.88. The van der Waals surface area contributed by atoms with Gasteiger partial charge in [-0.3, -0.25) is 24.7 Å². The highest BCUT2D eigenvalue weighted by Gasteiger charge is 2.57. The second-order valence-corrected chi connectivity index (χ2v) is 21.4. The van der Waals surface area contributed by atoms with E-state index in [1.54, 1.807) is 24.5 Å². The van der Waals surface area contributed by atoms with Crippen LogP contribution < -0.4 is 15.6 Å². The van der Waals surface area contributed by atoms with Gasteiger partial charge >= 0.3 is 31.0 Å². The Balaban J connectivity index is 1.18. The van der Waals surface area contributed by atoms with Crippen LogP contribution in [0, 0.1) is 46.1 Å². The number of rotatable bonds is 21. The van der Waals surface area contributed by atoms with Crippen molar-refractivity contribution >= 4 is 29.7 Å². The minimum absolute atomic E-state index is 0.209. The first-order chi connectivity index (χ1) is 38.0. The molecule has 6 atom stereocenters. The molecule has 2 aromatic heterocycles. The Morgan fingerprint density at radius 2 is 1.42 bits per heavy atom. The van der Waals surface area contributed by atoms with Crippen molar-refractivity contribution in [2.45, 2.75) is 116 Å². The number of ketones is 1. The van der Waals surface area contributed by atoms with E-state index in [0.29, 0.717) is 85.6 Å². The normalized spacial score (nSPS) is 18.6. The maximum Gasteiger partial charge on any atom is 0.407 e. The zero-order valence-corrected chi connectivity index (χ0v) is 44.9. The maximum absolute atomic E-state index is 16.1. The summed E-state index contributed by atoms with van der Waals surface area (Å²) in [5.41, 5.74) is -4.11. The van der Waals surface area contributed by atoms with Crippen molar-refractivity contribution in [1.82, 2.24) is 40.4 Å². The summed E-state index contributed by atoms with van der Waals surface area (Å²) in [6, 6.07) is 7.41. The van der Waals surface area contributed by atoms with E-state index >= 15 is 8.78 Å². The van der Waals surface area contributed by atoms with Crippen LogP contribution in [0.3, 0.4) is 0 Å². The molecule has 2 aromatic carbocycles. The average Bonchev–Trinajstić information content (AvgIpc) is 4.18. The van der Waals surface area contributed by atoms with E-state index < -0.39 is 121 Å². The second-order valence-electron chi connectivity index (χ2n) is 21.4. The number of Topliss-reactive ketones (excluding diaryl/α,β-unsaturated/α-hetero) is 1. The van der Waals surface area contributed by atoms with Gasteiger partial charge in [-0.2, -0.15) is 40.2 Å². The van der Waals surface area contributed by atoms with Crippen molar-refractivity contribution in [1.29, 1.82) is 0 Å². The first kappa shape index (κ1) is 61.7. The van der Waals surface area contributed by atoms with Crippen LogP contribution in [-0.2, 0) is 41.6 Å². The topological polar surface area (TPSA) is 194 Å². The number of piperazine rings is 1. The molecular weight excluding hydrogens is 1090 g/mol.